The summed E-state index contributed by atoms with van der Waals surface area (Å²) in [5.41, 5.74) is 1.36. The molecule has 1 amide bonds. The zero-order valence-electron chi connectivity index (χ0n) is 13.2. The van der Waals surface area contributed by atoms with Gasteiger partial charge in [-0.05, 0) is 13.1 Å². The molecular weight excluding hydrogens is 292 g/mol. The zero-order chi connectivity index (χ0) is 16.2. The van der Waals surface area contributed by atoms with Crippen LogP contribution in [0, 0.1) is 0 Å². The Balaban J connectivity index is 1.77. The quantitative estimate of drug-likeness (QED) is 0.836. The van der Waals surface area contributed by atoms with Gasteiger partial charge in [0, 0.05) is 37.8 Å². The Morgan fingerprint density at radius 3 is 2.43 bits per heavy atom. The van der Waals surface area contributed by atoms with Crippen LogP contribution in [0.3, 0.4) is 0 Å². The van der Waals surface area contributed by atoms with Crippen LogP contribution in [0.15, 0.2) is 47.3 Å². The van der Waals surface area contributed by atoms with Crippen LogP contribution < -0.4 is 5.56 Å². The van der Waals surface area contributed by atoms with Crippen LogP contribution in [0.5, 0.6) is 0 Å². The van der Waals surface area contributed by atoms with Crippen molar-refractivity contribution in [1.82, 2.24) is 19.6 Å². The van der Waals surface area contributed by atoms with E-state index in [1.54, 1.807) is 11.0 Å². The number of piperazine rings is 1. The Labute approximate surface area is 134 Å². The van der Waals surface area contributed by atoms with Crippen LogP contribution in [0.2, 0.25) is 0 Å². The number of hydrogen-bond donors (Lipinski definition) is 0. The highest BCUT2D eigenvalue weighted by Crippen LogP contribution is 2.14. The monoisotopic (exact) mass is 312 g/mol. The van der Waals surface area contributed by atoms with Gasteiger partial charge in [0.25, 0.3) is 5.56 Å². The van der Waals surface area contributed by atoms with Gasteiger partial charge in [-0.3, -0.25) is 9.59 Å². The normalized spacial score (nSPS) is 15.6. The third-order valence-corrected chi connectivity index (χ3v) is 4.08. The van der Waals surface area contributed by atoms with Gasteiger partial charge in [0.2, 0.25) is 5.91 Å². The molecule has 1 aliphatic heterocycles. The van der Waals surface area contributed by atoms with Crippen molar-refractivity contribution >= 4 is 5.91 Å². The summed E-state index contributed by atoms with van der Waals surface area (Å²) in [6.07, 6.45) is 0. The second-order valence-electron chi connectivity index (χ2n) is 5.76. The Morgan fingerprint density at radius 2 is 1.74 bits per heavy atom. The van der Waals surface area contributed by atoms with Crippen molar-refractivity contribution < 1.29 is 4.79 Å². The molecule has 6 heteroatoms. The molecule has 1 aromatic heterocycles. The Morgan fingerprint density at radius 1 is 1.04 bits per heavy atom. The van der Waals surface area contributed by atoms with Gasteiger partial charge in [0.15, 0.2) is 0 Å². The Hall–Kier alpha value is -2.47. The minimum Gasteiger partial charge on any atom is -0.339 e. The van der Waals surface area contributed by atoms with Gasteiger partial charge in [-0.2, -0.15) is 5.10 Å². The maximum absolute atomic E-state index is 12.4. The van der Waals surface area contributed by atoms with E-state index in [1.807, 2.05) is 37.4 Å². The van der Waals surface area contributed by atoms with E-state index in [1.165, 1.54) is 10.7 Å². The standard InChI is InChI=1S/C17H20N4O2/c1-19-9-11-20(12-10-19)17(23)13-21-16(22)8-7-15(18-21)14-5-3-2-4-6-14/h2-8H,9-13H2,1H3. The summed E-state index contributed by atoms with van der Waals surface area (Å²) in [7, 11) is 2.04. The maximum atomic E-state index is 12.4. The molecule has 6 nitrogen and oxygen atoms in total. The topological polar surface area (TPSA) is 58.4 Å². The van der Waals surface area contributed by atoms with Crippen molar-refractivity contribution in [2.45, 2.75) is 6.54 Å². The number of hydrogen-bond acceptors (Lipinski definition) is 4. The van der Waals surface area contributed by atoms with Crippen LogP contribution in [-0.2, 0) is 11.3 Å². The number of benzene rings is 1. The Bertz CT molecular complexity index is 734. The zero-order valence-corrected chi connectivity index (χ0v) is 13.2. The van der Waals surface area contributed by atoms with Gasteiger partial charge in [-0.15, -0.1) is 0 Å². The van der Waals surface area contributed by atoms with Crippen LogP contribution in [0.4, 0.5) is 0 Å². The van der Waals surface area contributed by atoms with Crippen molar-refractivity contribution in [1.29, 1.82) is 0 Å². The van der Waals surface area contributed by atoms with E-state index in [0.717, 1.165) is 18.7 Å². The molecule has 0 saturated carbocycles. The van der Waals surface area contributed by atoms with Gasteiger partial charge in [0.05, 0.1) is 5.69 Å². The number of carbonyl (C=O) groups excluding carboxylic acids is 1. The number of nitrogens with zero attached hydrogens (tertiary/aromatic N) is 4. The molecular formula is C17H20N4O2. The van der Waals surface area contributed by atoms with Gasteiger partial charge < -0.3 is 9.80 Å². The largest absolute Gasteiger partial charge is 0.339 e. The molecule has 1 aromatic carbocycles. The van der Waals surface area contributed by atoms with Crippen LogP contribution in [-0.4, -0.2) is 58.7 Å². The minimum atomic E-state index is -0.257. The molecule has 1 fully saturated rings. The number of carbonyl (C=O) groups is 1. The van der Waals surface area contributed by atoms with Crippen molar-refractivity contribution in [2.75, 3.05) is 33.2 Å². The van der Waals surface area contributed by atoms with E-state index >= 15 is 0 Å². The molecule has 1 saturated heterocycles. The average molecular weight is 312 g/mol. The second-order valence-corrected chi connectivity index (χ2v) is 5.76. The summed E-state index contributed by atoms with van der Waals surface area (Å²) in [6.45, 7) is 3.10. The van der Waals surface area contributed by atoms with Crippen molar-refractivity contribution in [3.8, 4) is 11.3 Å². The lowest BCUT2D eigenvalue weighted by Gasteiger charge is -2.32. The van der Waals surface area contributed by atoms with Gasteiger partial charge in [-0.25, -0.2) is 4.68 Å². The SMILES string of the molecule is CN1CCN(C(=O)Cn2nc(-c3ccccc3)ccc2=O)CC1. The van der Waals surface area contributed by atoms with Crippen molar-refractivity contribution in [3.63, 3.8) is 0 Å². The van der Waals surface area contributed by atoms with Crippen molar-refractivity contribution in [2.24, 2.45) is 0 Å². The molecule has 23 heavy (non-hydrogen) atoms. The molecule has 0 spiro atoms. The van der Waals surface area contributed by atoms with Crippen LogP contribution in [0.1, 0.15) is 0 Å². The van der Waals surface area contributed by atoms with Gasteiger partial charge in [0.1, 0.15) is 6.54 Å². The molecule has 0 bridgehead atoms. The molecule has 0 unspecified atom stereocenters. The van der Waals surface area contributed by atoms with Crippen LogP contribution in [0.25, 0.3) is 11.3 Å². The molecule has 1 aliphatic rings. The lowest BCUT2D eigenvalue weighted by molar-refractivity contribution is -0.133. The van der Waals surface area contributed by atoms with E-state index in [0.29, 0.717) is 18.8 Å². The van der Waals surface area contributed by atoms with Gasteiger partial charge in [-0.1, -0.05) is 30.3 Å². The van der Waals surface area contributed by atoms with Crippen molar-refractivity contribution in [3.05, 3.63) is 52.8 Å². The Kier molecular flexibility index (Phi) is 4.52. The number of rotatable bonds is 3. The first-order valence-electron chi connectivity index (χ1n) is 7.73. The molecule has 0 aliphatic carbocycles. The maximum Gasteiger partial charge on any atom is 0.267 e. The lowest BCUT2D eigenvalue weighted by Crippen LogP contribution is -2.48. The fourth-order valence-electron chi connectivity index (χ4n) is 2.61. The first kappa shape index (κ1) is 15.4. The molecule has 3 rings (SSSR count). The summed E-state index contributed by atoms with van der Waals surface area (Å²) in [4.78, 5) is 28.4. The first-order valence-corrected chi connectivity index (χ1v) is 7.73. The predicted octanol–water partition coefficient (Wildman–Crippen LogP) is 0.684. The average Bonchev–Trinajstić information content (AvgIpc) is 2.58. The fraction of sp³-hybridized carbons (Fsp3) is 0.353. The summed E-state index contributed by atoms with van der Waals surface area (Å²) in [6, 6.07) is 12.8. The van der Waals surface area contributed by atoms with Gasteiger partial charge >= 0.3 is 0 Å². The molecule has 0 radical (unpaired) electrons. The van der Waals surface area contributed by atoms with E-state index in [9.17, 15) is 9.59 Å². The van der Waals surface area contributed by atoms with E-state index in [4.69, 9.17) is 0 Å². The van der Waals surface area contributed by atoms with Crippen LogP contribution >= 0.6 is 0 Å². The molecule has 0 N–H and O–H groups in total. The summed E-state index contributed by atoms with van der Waals surface area (Å²) < 4.78 is 1.25. The summed E-state index contributed by atoms with van der Waals surface area (Å²) in [5, 5.41) is 4.34. The fourth-order valence-corrected chi connectivity index (χ4v) is 2.61. The molecule has 2 aromatic rings. The smallest absolute Gasteiger partial charge is 0.267 e. The molecule has 2 heterocycles. The van der Waals surface area contributed by atoms with E-state index in [2.05, 4.69) is 10.00 Å². The minimum absolute atomic E-state index is 0.0107. The molecule has 0 atom stereocenters. The van der Waals surface area contributed by atoms with E-state index in [-0.39, 0.29) is 18.0 Å². The number of likely N-dealkylation sites (N-methyl/N-ethyl adjacent to an activating group) is 1. The van der Waals surface area contributed by atoms with E-state index < -0.39 is 0 Å². The highest BCUT2D eigenvalue weighted by molar-refractivity contribution is 5.76. The highest BCUT2D eigenvalue weighted by atomic mass is 16.2. The highest BCUT2D eigenvalue weighted by Gasteiger charge is 2.20. The third kappa shape index (κ3) is 3.65. The summed E-state index contributed by atoms with van der Waals surface area (Å²) >= 11 is 0. The first-order chi connectivity index (χ1) is 11.1. The predicted molar refractivity (Wildman–Crippen MR) is 88.0 cm³/mol. The molecule has 120 valence electrons. The number of amides is 1. The number of aromatic nitrogens is 2. The third-order valence-electron chi connectivity index (χ3n) is 4.08. The second kappa shape index (κ2) is 6.75. The summed E-state index contributed by atoms with van der Waals surface area (Å²) in [5.74, 6) is -0.0575. The lowest BCUT2D eigenvalue weighted by atomic mass is 10.1.